The van der Waals surface area contributed by atoms with Gasteiger partial charge in [-0.05, 0) is 71.3 Å². The van der Waals surface area contributed by atoms with Crippen molar-refractivity contribution in [3.63, 3.8) is 0 Å². The minimum Gasteiger partial charge on any atom is -0.388 e. The van der Waals surface area contributed by atoms with Crippen LogP contribution in [0.1, 0.15) is 32.6 Å². The zero-order valence-corrected chi connectivity index (χ0v) is 22.2. The van der Waals surface area contributed by atoms with Crippen LogP contribution in [0.15, 0.2) is 0 Å². The van der Waals surface area contributed by atoms with E-state index in [0.29, 0.717) is 12.5 Å². The molecule has 3 fully saturated rings. The predicted octanol–water partition coefficient (Wildman–Crippen LogP) is -0.00590. The van der Waals surface area contributed by atoms with Gasteiger partial charge in [0.25, 0.3) is 0 Å². The van der Waals surface area contributed by atoms with Gasteiger partial charge in [0.15, 0.2) is 0 Å². The first-order valence-electron chi connectivity index (χ1n) is 12.3. The maximum Gasteiger partial charge on any atom is 0.240 e. The van der Waals surface area contributed by atoms with Crippen molar-refractivity contribution in [3.05, 3.63) is 0 Å². The lowest BCUT2D eigenvalue weighted by Crippen LogP contribution is -2.65. The van der Waals surface area contributed by atoms with Gasteiger partial charge in [-0.2, -0.15) is 0 Å². The molecule has 3 saturated heterocycles. The Bertz CT molecular complexity index is 660. The van der Waals surface area contributed by atoms with Gasteiger partial charge in [0.2, 0.25) is 5.91 Å². The summed E-state index contributed by atoms with van der Waals surface area (Å²) >= 11 is 7.64. The van der Waals surface area contributed by atoms with E-state index in [-0.39, 0.29) is 17.9 Å². The third kappa shape index (κ3) is 6.77. The van der Waals surface area contributed by atoms with Crippen LogP contribution in [0, 0.1) is 11.8 Å². The average Bonchev–Trinajstić information content (AvgIpc) is 3.07. The first-order valence-corrected chi connectivity index (χ1v) is 14.0. The first kappa shape index (κ1) is 28.4. The summed E-state index contributed by atoms with van der Waals surface area (Å²) in [5, 5.41) is 36.7. The molecule has 11 atom stereocenters. The average molecular weight is 524 g/mol. The number of halogens is 1. The zero-order valence-electron chi connectivity index (χ0n) is 20.6. The molecule has 9 nitrogen and oxygen atoms in total. The van der Waals surface area contributed by atoms with Crippen molar-refractivity contribution < 1.29 is 29.6 Å². The number of ether oxygens (including phenoxy) is 2. The Morgan fingerprint density at radius 2 is 2.00 bits per heavy atom. The minimum atomic E-state index is -1.39. The van der Waals surface area contributed by atoms with Crippen molar-refractivity contribution in [3.8, 4) is 0 Å². The lowest BCUT2D eigenvalue weighted by atomic mass is 9.87. The predicted molar refractivity (Wildman–Crippen MR) is 133 cm³/mol. The lowest BCUT2D eigenvalue weighted by Gasteiger charge is -2.44. The number of thioether (sulfide) groups is 1. The van der Waals surface area contributed by atoms with Gasteiger partial charge in [-0.15, -0.1) is 23.4 Å². The number of aliphatic hydroxyl groups is 3. The second kappa shape index (κ2) is 12.9. The summed E-state index contributed by atoms with van der Waals surface area (Å²) in [5.41, 5.74) is -0.734. The van der Waals surface area contributed by atoms with E-state index >= 15 is 0 Å². The molecule has 11 heteroatoms. The Morgan fingerprint density at radius 1 is 1.26 bits per heavy atom. The van der Waals surface area contributed by atoms with Crippen LogP contribution in [0.4, 0.5) is 0 Å². The van der Waals surface area contributed by atoms with Crippen LogP contribution in [0.2, 0.25) is 0 Å². The number of fused-ring (bicyclic) bond motifs is 1. The van der Waals surface area contributed by atoms with Crippen LogP contribution in [0.25, 0.3) is 0 Å². The zero-order chi connectivity index (χ0) is 25.0. The summed E-state index contributed by atoms with van der Waals surface area (Å²) in [7, 11) is 4.18. The number of hydrogen-bond acceptors (Lipinski definition) is 9. The summed E-state index contributed by atoms with van der Waals surface area (Å²) in [4.78, 5) is 15.5. The van der Waals surface area contributed by atoms with Crippen molar-refractivity contribution in [1.29, 1.82) is 0 Å². The summed E-state index contributed by atoms with van der Waals surface area (Å²) in [6, 6.07) is -1.28. The smallest absolute Gasteiger partial charge is 0.240 e. The van der Waals surface area contributed by atoms with Crippen LogP contribution in [0.5, 0.6) is 0 Å². The fourth-order valence-electron chi connectivity index (χ4n) is 5.43. The van der Waals surface area contributed by atoms with E-state index in [2.05, 4.69) is 29.6 Å². The van der Waals surface area contributed by atoms with Gasteiger partial charge in [0.05, 0.1) is 17.5 Å². The molecule has 0 aromatic carbocycles. The van der Waals surface area contributed by atoms with Crippen molar-refractivity contribution >= 4 is 29.3 Å². The number of alkyl halides is 1. The number of hydrogen-bond donors (Lipinski definition) is 5. The Morgan fingerprint density at radius 3 is 2.65 bits per heavy atom. The van der Waals surface area contributed by atoms with Crippen molar-refractivity contribution in [2.45, 2.75) is 86.0 Å². The normalized spacial score (nSPS) is 40.4. The Hall–Kier alpha value is -0.170. The van der Waals surface area contributed by atoms with E-state index in [1.165, 1.54) is 11.8 Å². The van der Waals surface area contributed by atoms with Crippen LogP contribution < -0.4 is 10.6 Å². The van der Waals surface area contributed by atoms with Crippen LogP contribution in [-0.4, -0.2) is 120 Å². The summed E-state index contributed by atoms with van der Waals surface area (Å²) < 4.78 is 12.0. The van der Waals surface area contributed by atoms with Crippen LogP contribution in [-0.2, 0) is 14.3 Å². The van der Waals surface area contributed by atoms with Gasteiger partial charge in [-0.1, -0.05) is 0 Å². The monoisotopic (exact) mass is 523 g/mol. The van der Waals surface area contributed by atoms with Crippen molar-refractivity contribution in [2.75, 3.05) is 40.0 Å². The molecule has 1 amide bonds. The number of nitrogens with one attached hydrogen (secondary N) is 2. The topological polar surface area (TPSA) is 124 Å². The molecule has 0 aromatic rings. The van der Waals surface area contributed by atoms with Gasteiger partial charge >= 0.3 is 0 Å². The fourth-order valence-corrected chi connectivity index (χ4v) is 6.31. The molecule has 0 aliphatic carbocycles. The second-order valence-electron chi connectivity index (χ2n) is 10.2. The Kier molecular flexibility index (Phi) is 10.8. The first-order chi connectivity index (χ1) is 16.1. The molecule has 5 N–H and O–H groups in total. The quantitative estimate of drug-likeness (QED) is 0.265. The number of amides is 1. The molecular weight excluding hydrogens is 482 g/mol. The lowest BCUT2D eigenvalue weighted by molar-refractivity contribution is -0.205. The van der Waals surface area contributed by atoms with Gasteiger partial charge < -0.3 is 40.3 Å². The van der Waals surface area contributed by atoms with E-state index in [0.717, 1.165) is 38.8 Å². The van der Waals surface area contributed by atoms with E-state index in [4.69, 9.17) is 21.1 Å². The highest BCUT2D eigenvalue weighted by Gasteiger charge is 2.49. The number of carbonyl (C=O) groups is 1. The molecule has 3 aliphatic rings. The number of nitrogens with zero attached hydrogens (tertiary/aromatic N) is 1. The fraction of sp³-hybridized carbons (Fsp3) is 0.957. The molecule has 0 radical (unpaired) electrons. The second-order valence-corrected chi connectivity index (χ2v) is 11.8. The maximum atomic E-state index is 13.3. The molecule has 0 bridgehead atoms. The number of carbonyl (C=O) groups excluding carboxylic acids is 1. The molecule has 34 heavy (non-hydrogen) atoms. The Labute approximate surface area is 212 Å². The molecule has 5 unspecified atom stereocenters. The SMILES string of the molecule is CSC1OC([C@H](NC(=O)[C@H]2NC[C@@H]3C[C@H](CCCN(C)C)CCO[C@H]32)[C@H](C)Cl)C(O)C(O)C1O. The van der Waals surface area contributed by atoms with Crippen LogP contribution in [0.3, 0.4) is 0 Å². The molecule has 0 saturated carbocycles. The molecule has 3 rings (SSSR count). The molecule has 0 aromatic heterocycles. The van der Waals surface area contributed by atoms with Crippen molar-refractivity contribution in [2.24, 2.45) is 11.8 Å². The molecular formula is C23H42ClN3O6S. The minimum absolute atomic E-state index is 0.214. The van der Waals surface area contributed by atoms with Crippen LogP contribution >= 0.6 is 23.4 Å². The maximum absolute atomic E-state index is 13.3. The molecule has 3 heterocycles. The summed E-state index contributed by atoms with van der Waals surface area (Å²) in [5.74, 6) is 0.605. The number of rotatable bonds is 9. The molecule has 198 valence electrons. The van der Waals surface area contributed by atoms with E-state index in [1.54, 1.807) is 13.2 Å². The highest BCUT2D eigenvalue weighted by molar-refractivity contribution is 7.99. The van der Waals surface area contributed by atoms with Gasteiger partial charge in [-0.25, -0.2) is 0 Å². The third-order valence-corrected chi connectivity index (χ3v) is 8.49. The highest BCUT2D eigenvalue weighted by atomic mass is 35.5. The van der Waals surface area contributed by atoms with Gasteiger partial charge in [0, 0.05) is 13.2 Å². The molecule has 3 aliphatic heterocycles. The third-order valence-electron chi connectivity index (χ3n) is 7.36. The summed E-state index contributed by atoms with van der Waals surface area (Å²) in [6.07, 6.45) is 0.925. The van der Waals surface area contributed by atoms with Gasteiger partial charge in [-0.3, -0.25) is 4.79 Å². The van der Waals surface area contributed by atoms with E-state index in [9.17, 15) is 20.1 Å². The molecule has 0 spiro atoms. The van der Waals surface area contributed by atoms with E-state index in [1.807, 2.05) is 0 Å². The highest BCUT2D eigenvalue weighted by Crippen LogP contribution is 2.34. The Balaban J connectivity index is 1.62. The standard InChI is InChI=1S/C23H42ClN3O6S/c1-12(24)15(21-18(29)17(28)19(30)23(33-21)34-4)26-22(31)16-20-14(11-25-16)10-13(7-9-32-20)6-5-8-27(2)3/h12-21,23,25,28-30H,5-11H2,1-4H3,(H,26,31)/t12-,13+,14-,15+,16-,17?,18?,19?,20+,21?,23?/m0/s1. The van der Waals surface area contributed by atoms with Crippen molar-refractivity contribution in [1.82, 2.24) is 15.5 Å². The van der Waals surface area contributed by atoms with Gasteiger partial charge in [0.1, 0.15) is 35.9 Å². The largest absolute Gasteiger partial charge is 0.388 e. The van der Waals surface area contributed by atoms with E-state index < -0.39 is 47.3 Å². The summed E-state index contributed by atoms with van der Waals surface area (Å²) in [6.45, 7) is 4.14. The number of aliphatic hydroxyl groups excluding tert-OH is 3.